The van der Waals surface area contributed by atoms with Crippen LogP contribution < -0.4 is 20.5 Å². The van der Waals surface area contributed by atoms with Crippen LogP contribution in [0.15, 0.2) is 18.2 Å². The molecule has 1 fully saturated rings. The molecule has 1 aromatic carbocycles. The van der Waals surface area contributed by atoms with E-state index in [9.17, 15) is 4.79 Å². The molecular formula is C16H25N2O3+. The molecule has 0 heterocycles. The molecule has 0 atom stereocenters. The summed E-state index contributed by atoms with van der Waals surface area (Å²) >= 11 is 0. The van der Waals surface area contributed by atoms with Gasteiger partial charge in [-0.25, -0.2) is 0 Å². The molecule has 1 aliphatic rings. The van der Waals surface area contributed by atoms with Gasteiger partial charge in [0.05, 0.1) is 13.2 Å². The third-order valence-electron chi connectivity index (χ3n) is 3.93. The highest BCUT2D eigenvalue weighted by Gasteiger charge is 2.16. The van der Waals surface area contributed by atoms with Gasteiger partial charge in [0.2, 0.25) is 0 Å². The number of carbonyl (C=O) groups excluding carboxylic acids is 1. The Morgan fingerprint density at radius 3 is 2.71 bits per heavy atom. The molecule has 116 valence electrons. The quantitative estimate of drug-likeness (QED) is 0.786. The number of nitrogens with two attached hydrogens (primary N) is 2. The summed E-state index contributed by atoms with van der Waals surface area (Å²) < 4.78 is 10.6. The van der Waals surface area contributed by atoms with Crippen LogP contribution in [0.2, 0.25) is 0 Å². The molecule has 0 radical (unpaired) electrons. The molecule has 1 aliphatic carbocycles. The molecule has 1 amide bonds. The van der Waals surface area contributed by atoms with Crippen molar-refractivity contribution in [1.82, 2.24) is 0 Å². The van der Waals surface area contributed by atoms with Crippen molar-refractivity contribution in [2.45, 2.75) is 44.7 Å². The molecular weight excluding hydrogens is 268 g/mol. The lowest BCUT2D eigenvalue weighted by molar-refractivity contribution is -0.706. The number of hydrogen-bond acceptors (Lipinski definition) is 3. The number of amides is 1. The molecule has 0 aromatic heterocycles. The van der Waals surface area contributed by atoms with Crippen LogP contribution in [0, 0.1) is 0 Å². The first-order valence-corrected chi connectivity index (χ1v) is 7.60. The Hall–Kier alpha value is -1.75. The summed E-state index contributed by atoms with van der Waals surface area (Å²) in [7, 11) is 1.60. The minimum Gasteiger partial charge on any atom is -0.493 e. The maximum Gasteiger partial charge on any atom is 0.255 e. The van der Waals surface area contributed by atoms with Crippen LogP contribution in [0.25, 0.3) is 0 Å². The molecule has 0 unspecified atom stereocenters. The maximum absolute atomic E-state index is 10.8. The van der Waals surface area contributed by atoms with Crippen molar-refractivity contribution in [3.05, 3.63) is 23.8 Å². The Balaban J connectivity index is 1.92. The minimum atomic E-state index is -0.494. The summed E-state index contributed by atoms with van der Waals surface area (Å²) in [5, 5.41) is 2.41. The van der Waals surface area contributed by atoms with Gasteiger partial charge < -0.3 is 20.5 Å². The second-order valence-electron chi connectivity index (χ2n) is 5.58. The molecule has 0 spiro atoms. The highest BCUT2D eigenvalue weighted by atomic mass is 16.5. The Labute approximate surface area is 125 Å². The van der Waals surface area contributed by atoms with Crippen LogP contribution in [-0.2, 0) is 11.3 Å². The van der Waals surface area contributed by atoms with Gasteiger partial charge in [-0.3, -0.25) is 4.79 Å². The van der Waals surface area contributed by atoms with Gasteiger partial charge in [-0.2, -0.15) is 0 Å². The van der Waals surface area contributed by atoms with Gasteiger partial charge >= 0.3 is 0 Å². The van der Waals surface area contributed by atoms with Crippen molar-refractivity contribution in [2.24, 2.45) is 5.73 Å². The van der Waals surface area contributed by atoms with Crippen molar-refractivity contribution in [1.29, 1.82) is 0 Å². The topological polar surface area (TPSA) is 78.2 Å². The normalized spacial score (nSPS) is 15.7. The third kappa shape index (κ3) is 4.93. The number of methoxy groups -OCH3 is 1. The lowest BCUT2D eigenvalue weighted by Crippen LogP contribution is -2.88. The summed E-state index contributed by atoms with van der Waals surface area (Å²) in [5.74, 6) is 0.704. The second-order valence-corrected chi connectivity index (χ2v) is 5.58. The fourth-order valence-electron chi connectivity index (χ4n) is 2.78. The van der Waals surface area contributed by atoms with Gasteiger partial charge in [0, 0.05) is 5.56 Å². The standard InChI is InChI=1S/C16H24N2O3/c1-20-15-9-12(7-8-14(15)21-11-16(17)19)10-18-13-5-3-2-4-6-13/h7-9,13,18H,2-6,10-11H2,1H3,(H2,17,19)/p+1. The first kappa shape index (κ1) is 15.6. The average Bonchev–Trinajstić information content (AvgIpc) is 2.52. The van der Waals surface area contributed by atoms with Gasteiger partial charge in [0.15, 0.2) is 18.1 Å². The zero-order chi connectivity index (χ0) is 15.1. The predicted molar refractivity (Wildman–Crippen MR) is 80.2 cm³/mol. The number of hydrogen-bond donors (Lipinski definition) is 2. The van der Waals surface area contributed by atoms with Crippen LogP contribution in [0.5, 0.6) is 11.5 Å². The van der Waals surface area contributed by atoms with E-state index in [0.29, 0.717) is 11.5 Å². The number of rotatable bonds is 7. The molecule has 21 heavy (non-hydrogen) atoms. The van der Waals surface area contributed by atoms with Gasteiger partial charge in [-0.05, 0) is 43.9 Å². The van der Waals surface area contributed by atoms with Gasteiger partial charge in [-0.1, -0.05) is 6.42 Å². The maximum atomic E-state index is 10.8. The number of benzene rings is 1. The minimum absolute atomic E-state index is 0.135. The van der Waals surface area contributed by atoms with Crippen LogP contribution in [0.4, 0.5) is 0 Å². The predicted octanol–water partition coefficient (Wildman–Crippen LogP) is 0.955. The van der Waals surface area contributed by atoms with E-state index < -0.39 is 5.91 Å². The van der Waals surface area contributed by atoms with Gasteiger partial charge in [-0.15, -0.1) is 0 Å². The van der Waals surface area contributed by atoms with Crippen molar-refractivity contribution in [3.8, 4) is 11.5 Å². The fraction of sp³-hybridized carbons (Fsp3) is 0.562. The van der Waals surface area contributed by atoms with Crippen molar-refractivity contribution in [3.63, 3.8) is 0 Å². The molecule has 5 nitrogen and oxygen atoms in total. The van der Waals surface area contributed by atoms with E-state index in [1.807, 2.05) is 18.2 Å². The molecule has 0 aliphatic heterocycles. The van der Waals surface area contributed by atoms with Crippen LogP contribution >= 0.6 is 0 Å². The van der Waals surface area contributed by atoms with E-state index in [4.69, 9.17) is 15.2 Å². The first-order valence-electron chi connectivity index (χ1n) is 7.60. The van der Waals surface area contributed by atoms with E-state index >= 15 is 0 Å². The number of carbonyl (C=O) groups is 1. The zero-order valence-corrected chi connectivity index (χ0v) is 12.6. The molecule has 5 heteroatoms. The molecule has 4 N–H and O–H groups in total. The van der Waals surface area contributed by atoms with Gasteiger partial charge in [0.1, 0.15) is 6.54 Å². The largest absolute Gasteiger partial charge is 0.493 e. The Kier molecular flexibility index (Phi) is 5.87. The van der Waals surface area contributed by atoms with Crippen molar-refractivity contribution in [2.75, 3.05) is 13.7 Å². The summed E-state index contributed by atoms with van der Waals surface area (Å²) in [5.41, 5.74) is 6.28. The highest BCUT2D eigenvalue weighted by molar-refractivity contribution is 5.75. The molecule has 2 rings (SSSR count). The smallest absolute Gasteiger partial charge is 0.255 e. The molecule has 1 aromatic rings. The molecule has 1 saturated carbocycles. The van der Waals surface area contributed by atoms with Crippen LogP contribution in [-0.4, -0.2) is 25.7 Å². The second kappa shape index (κ2) is 7.88. The highest BCUT2D eigenvalue weighted by Crippen LogP contribution is 2.27. The van der Waals surface area contributed by atoms with Crippen LogP contribution in [0.1, 0.15) is 37.7 Å². The number of ether oxygens (including phenoxy) is 2. The Bertz CT molecular complexity index is 471. The third-order valence-corrected chi connectivity index (χ3v) is 3.93. The summed E-state index contributed by atoms with van der Waals surface area (Å²) in [6.45, 7) is 0.807. The van der Waals surface area contributed by atoms with E-state index in [2.05, 4.69) is 5.32 Å². The fourth-order valence-corrected chi connectivity index (χ4v) is 2.78. The molecule has 0 saturated heterocycles. The van der Waals surface area contributed by atoms with E-state index in [1.54, 1.807) is 7.11 Å². The van der Waals surface area contributed by atoms with E-state index in [0.717, 1.165) is 12.6 Å². The SMILES string of the molecule is COc1cc(C[NH2+]C2CCCCC2)ccc1OCC(N)=O. The molecule has 0 bridgehead atoms. The lowest BCUT2D eigenvalue weighted by atomic mass is 9.95. The number of quaternary nitrogens is 1. The summed E-state index contributed by atoms with van der Waals surface area (Å²) in [6.07, 6.45) is 6.71. The monoisotopic (exact) mass is 293 g/mol. The van der Waals surface area contributed by atoms with Crippen LogP contribution in [0.3, 0.4) is 0 Å². The lowest BCUT2D eigenvalue weighted by Gasteiger charge is -2.20. The summed E-state index contributed by atoms with van der Waals surface area (Å²) in [6, 6.07) is 6.56. The summed E-state index contributed by atoms with van der Waals surface area (Å²) in [4.78, 5) is 10.8. The van der Waals surface area contributed by atoms with E-state index in [-0.39, 0.29) is 6.61 Å². The zero-order valence-electron chi connectivity index (χ0n) is 12.6. The Morgan fingerprint density at radius 2 is 2.05 bits per heavy atom. The van der Waals surface area contributed by atoms with Gasteiger partial charge in [0.25, 0.3) is 5.91 Å². The number of primary amides is 1. The van der Waals surface area contributed by atoms with Crippen molar-refractivity contribution >= 4 is 5.91 Å². The average molecular weight is 293 g/mol. The van der Waals surface area contributed by atoms with E-state index in [1.165, 1.54) is 37.7 Å². The first-order chi connectivity index (χ1) is 10.2. The van der Waals surface area contributed by atoms with Crippen molar-refractivity contribution < 1.29 is 19.6 Å². The Morgan fingerprint density at radius 1 is 1.29 bits per heavy atom.